The van der Waals surface area contributed by atoms with Crippen molar-refractivity contribution in [2.24, 2.45) is 17.6 Å². The van der Waals surface area contributed by atoms with Gasteiger partial charge in [0, 0.05) is 65.8 Å². The van der Waals surface area contributed by atoms with Crippen LogP contribution in [-0.4, -0.2) is 96.2 Å². The molecule has 3 atom stereocenters. The van der Waals surface area contributed by atoms with Gasteiger partial charge in [0.2, 0.25) is 11.8 Å². The highest BCUT2D eigenvalue weighted by molar-refractivity contribution is 6.30. The molecule has 4 amide bonds. The molecule has 1 saturated heterocycles. The Morgan fingerprint density at radius 2 is 1.77 bits per heavy atom. The fraction of sp³-hybridized carbons (Fsp3) is 0.455. The lowest BCUT2D eigenvalue weighted by Gasteiger charge is -2.39. The molecule has 3 heterocycles. The zero-order valence-electron chi connectivity index (χ0n) is 26.9. The van der Waals surface area contributed by atoms with E-state index in [9.17, 15) is 27.6 Å². The minimum absolute atomic E-state index is 0.157. The number of primary amides is 1. The third kappa shape index (κ3) is 8.78. The molecular formula is C33H40ClF3N6O5. The van der Waals surface area contributed by atoms with Gasteiger partial charge in [-0.15, -0.1) is 0 Å². The van der Waals surface area contributed by atoms with Gasteiger partial charge in [0.05, 0.1) is 0 Å². The summed E-state index contributed by atoms with van der Waals surface area (Å²) in [6, 6.07) is 12.5. The number of carbonyl (C=O) groups is 4. The number of urea groups is 1. The number of aliphatic carboxylic acids is 1. The first-order valence-corrected chi connectivity index (χ1v) is 15.9. The molecule has 0 aliphatic carbocycles. The van der Waals surface area contributed by atoms with Crippen molar-refractivity contribution in [2.75, 3.05) is 45.2 Å². The maximum Gasteiger partial charge on any atom is 0.490 e. The molecule has 0 spiro atoms. The molecule has 5 rings (SSSR count). The standard InChI is InChI=1S/C31H39ClN6O3.C2HF3O2/c1-19(25-16-34-26-7-5-4-6-24(25)26)28(35-31(41)37-12-10-21(11-13-37)29(33)39)30(40)38-18-20(17-36(2)3)14-22-15-23(32)8-9-27(22)38;3-2(4,5)1(6)7/h4-9,15-16,19-21,28,34H,10-14,17-18H2,1-3H3,(H2,33,39)(H,35,41);(H,6,7)/t19?,20-,28?;/m1./s1. The number of nitrogens with zero attached hydrogens (tertiary/aromatic N) is 3. The minimum atomic E-state index is -5.08. The first-order chi connectivity index (χ1) is 22.6. The van der Waals surface area contributed by atoms with E-state index < -0.39 is 18.2 Å². The van der Waals surface area contributed by atoms with Gasteiger partial charge >= 0.3 is 18.2 Å². The largest absolute Gasteiger partial charge is 0.490 e. The summed E-state index contributed by atoms with van der Waals surface area (Å²) in [5, 5.41) is 11.9. The number of nitrogens with one attached hydrogen (secondary N) is 2. The number of aromatic amines is 1. The number of carbonyl (C=O) groups excluding carboxylic acids is 3. The highest BCUT2D eigenvalue weighted by Gasteiger charge is 2.39. The fourth-order valence-electron chi connectivity index (χ4n) is 6.37. The van der Waals surface area contributed by atoms with Gasteiger partial charge in [-0.3, -0.25) is 9.59 Å². The fourth-order valence-corrected chi connectivity index (χ4v) is 6.57. The first-order valence-electron chi connectivity index (χ1n) is 15.5. The number of para-hydroxylation sites is 1. The highest BCUT2D eigenvalue weighted by Crippen LogP contribution is 2.35. The Hall–Kier alpha value is -4.30. The van der Waals surface area contributed by atoms with Crippen LogP contribution in [0.15, 0.2) is 48.7 Å². The van der Waals surface area contributed by atoms with Crippen molar-refractivity contribution >= 4 is 52.0 Å². The maximum atomic E-state index is 14.6. The van der Waals surface area contributed by atoms with Gasteiger partial charge in [-0.1, -0.05) is 36.7 Å². The highest BCUT2D eigenvalue weighted by atomic mass is 35.5. The lowest BCUT2D eigenvalue weighted by atomic mass is 9.88. The number of H-pyrrole nitrogens is 1. The topological polar surface area (TPSA) is 152 Å². The number of hydrogen-bond donors (Lipinski definition) is 4. The van der Waals surface area contributed by atoms with Gasteiger partial charge in [-0.25, -0.2) is 9.59 Å². The summed E-state index contributed by atoms with van der Waals surface area (Å²) in [6.07, 6.45) is -1.29. The summed E-state index contributed by atoms with van der Waals surface area (Å²) in [5.74, 6) is -3.58. The number of benzene rings is 2. The van der Waals surface area contributed by atoms with Crippen LogP contribution in [0.3, 0.4) is 0 Å². The number of rotatable bonds is 7. The number of carboxylic acids is 1. The zero-order valence-corrected chi connectivity index (χ0v) is 27.6. The van der Waals surface area contributed by atoms with Gasteiger partial charge in [0.15, 0.2) is 0 Å². The van der Waals surface area contributed by atoms with E-state index >= 15 is 0 Å². The van der Waals surface area contributed by atoms with Gasteiger partial charge in [0.1, 0.15) is 6.04 Å². The molecule has 0 radical (unpaired) electrons. The lowest BCUT2D eigenvalue weighted by molar-refractivity contribution is -0.192. The third-order valence-electron chi connectivity index (χ3n) is 8.75. The summed E-state index contributed by atoms with van der Waals surface area (Å²) >= 11 is 6.37. The van der Waals surface area contributed by atoms with Crippen molar-refractivity contribution in [2.45, 2.75) is 44.3 Å². The molecule has 3 aromatic rings. The van der Waals surface area contributed by atoms with Crippen molar-refractivity contribution in [1.82, 2.24) is 20.1 Å². The van der Waals surface area contributed by atoms with Crippen LogP contribution >= 0.6 is 11.6 Å². The molecule has 11 nitrogen and oxygen atoms in total. The van der Waals surface area contributed by atoms with Crippen LogP contribution < -0.4 is 16.0 Å². The molecule has 2 aliphatic heterocycles. The number of alkyl halides is 3. The van der Waals surface area contributed by atoms with Crippen LogP contribution in [0.4, 0.5) is 23.7 Å². The number of likely N-dealkylation sites (tertiary alicyclic amines) is 1. The van der Waals surface area contributed by atoms with Crippen LogP contribution in [0.2, 0.25) is 5.02 Å². The Labute approximate surface area is 281 Å². The van der Waals surface area contributed by atoms with Crippen molar-refractivity contribution in [3.05, 3.63) is 64.8 Å². The predicted molar refractivity (Wildman–Crippen MR) is 176 cm³/mol. The Morgan fingerprint density at radius 3 is 2.38 bits per heavy atom. The molecule has 0 bridgehead atoms. The molecule has 1 aromatic heterocycles. The van der Waals surface area contributed by atoms with Crippen molar-refractivity contribution in [1.29, 1.82) is 0 Å². The normalized spacial score (nSPS) is 18.0. The number of hydrogen-bond acceptors (Lipinski definition) is 5. The van der Waals surface area contributed by atoms with E-state index in [2.05, 4.69) is 15.2 Å². The van der Waals surface area contributed by atoms with Crippen molar-refractivity contribution in [3.8, 4) is 0 Å². The smallest absolute Gasteiger partial charge is 0.475 e. The van der Waals surface area contributed by atoms with E-state index in [0.29, 0.717) is 37.5 Å². The monoisotopic (exact) mass is 692 g/mol. The molecule has 5 N–H and O–H groups in total. The molecule has 260 valence electrons. The molecule has 2 aromatic carbocycles. The predicted octanol–water partition coefficient (Wildman–Crippen LogP) is 4.60. The average molecular weight is 693 g/mol. The van der Waals surface area contributed by atoms with Gasteiger partial charge in [0.25, 0.3) is 0 Å². The van der Waals surface area contributed by atoms with E-state index in [1.54, 1.807) is 4.90 Å². The van der Waals surface area contributed by atoms with Gasteiger partial charge < -0.3 is 35.8 Å². The van der Waals surface area contributed by atoms with Crippen molar-refractivity contribution in [3.63, 3.8) is 0 Å². The van der Waals surface area contributed by atoms with Crippen LogP contribution in [0.25, 0.3) is 10.9 Å². The summed E-state index contributed by atoms with van der Waals surface area (Å²) in [4.78, 5) is 57.7. The molecule has 1 fully saturated rings. The lowest BCUT2D eigenvalue weighted by Crippen LogP contribution is -2.57. The zero-order chi connectivity index (χ0) is 35.3. The summed E-state index contributed by atoms with van der Waals surface area (Å²) in [5.41, 5.74) is 9.30. The quantitative estimate of drug-likeness (QED) is 0.284. The average Bonchev–Trinajstić information content (AvgIpc) is 3.46. The third-order valence-corrected chi connectivity index (χ3v) is 8.99. The molecule has 0 saturated carbocycles. The number of piperidine rings is 1. The molecule has 2 unspecified atom stereocenters. The van der Waals surface area contributed by atoms with Crippen LogP contribution in [-0.2, 0) is 20.8 Å². The second kappa shape index (κ2) is 15.3. The van der Waals surface area contributed by atoms with Gasteiger partial charge in [-0.05, 0) is 74.7 Å². The number of halogens is 4. The molecular weight excluding hydrogens is 653 g/mol. The minimum Gasteiger partial charge on any atom is -0.475 e. The number of fused-ring (bicyclic) bond motifs is 2. The summed E-state index contributed by atoms with van der Waals surface area (Å²) < 4.78 is 31.7. The Balaban J connectivity index is 0.000000671. The van der Waals surface area contributed by atoms with E-state index in [1.807, 2.05) is 74.6 Å². The van der Waals surface area contributed by atoms with Crippen LogP contribution in [0, 0.1) is 11.8 Å². The Bertz CT molecular complexity index is 1640. The van der Waals surface area contributed by atoms with E-state index in [1.165, 1.54) is 0 Å². The van der Waals surface area contributed by atoms with Crippen LogP contribution in [0.1, 0.15) is 36.8 Å². The summed E-state index contributed by atoms with van der Waals surface area (Å²) in [7, 11) is 4.06. The van der Waals surface area contributed by atoms with E-state index in [-0.39, 0.29) is 35.6 Å². The van der Waals surface area contributed by atoms with Gasteiger partial charge in [-0.2, -0.15) is 13.2 Å². The number of aromatic nitrogens is 1. The second-order valence-electron chi connectivity index (χ2n) is 12.5. The first kappa shape index (κ1) is 36.5. The maximum absolute atomic E-state index is 14.6. The van der Waals surface area contributed by atoms with E-state index in [4.69, 9.17) is 27.2 Å². The number of anilines is 1. The number of amides is 4. The molecule has 2 aliphatic rings. The van der Waals surface area contributed by atoms with E-state index in [0.717, 1.165) is 40.7 Å². The Kier molecular flexibility index (Phi) is 11.6. The second-order valence-corrected chi connectivity index (χ2v) is 13.0. The number of carboxylic acid groups (broad SMARTS) is 1. The summed E-state index contributed by atoms with van der Waals surface area (Å²) in [6.45, 7) is 4.18. The SMILES string of the molecule is CC(c1c[nH]c2ccccc12)C(NC(=O)N1CCC(C(N)=O)CC1)C(=O)N1C[C@@H](CN(C)C)Cc2cc(Cl)ccc21.O=C(O)C(F)(F)F. The Morgan fingerprint density at radius 1 is 1.12 bits per heavy atom. The molecule has 15 heteroatoms. The number of nitrogens with two attached hydrogens (primary N) is 1. The van der Waals surface area contributed by atoms with Crippen LogP contribution in [0.5, 0.6) is 0 Å². The molecule has 48 heavy (non-hydrogen) atoms. The van der Waals surface area contributed by atoms with Crippen molar-refractivity contribution < 1.29 is 37.5 Å².